The van der Waals surface area contributed by atoms with Crippen LogP contribution in [-0.4, -0.2) is 28.9 Å². The molecule has 0 spiro atoms. The van der Waals surface area contributed by atoms with Gasteiger partial charge in [0.1, 0.15) is 5.69 Å². The van der Waals surface area contributed by atoms with Gasteiger partial charge in [-0.1, -0.05) is 6.07 Å². The molecule has 0 aliphatic rings. The van der Waals surface area contributed by atoms with Crippen LogP contribution < -0.4 is 5.32 Å². The molecule has 0 saturated heterocycles. The van der Waals surface area contributed by atoms with Crippen molar-refractivity contribution in [2.45, 2.75) is 20.0 Å². The molecule has 112 valence electrons. The molecule has 0 aliphatic heterocycles. The monoisotopic (exact) mass is 306 g/mol. The Morgan fingerprint density at radius 1 is 1.43 bits per heavy atom. The van der Waals surface area contributed by atoms with Crippen molar-refractivity contribution in [3.8, 4) is 0 Å². The van der Waals surface area contributed by atoms with Crippen LogP contribution in [0.2, 0.25) is 0 Å². The number of thiazole rings is 1. The summed E-state index contributed by atoms with van der Waals surface area (Å²) in [6.07, 6.45) is 0. The van der Waals surface area contributed by atoms with Crippen LogP contribution in [0.3, 0.4) is 0 Å². The SMILES string of the molecule is CNc1cc(CN(C)Cc2csc(C)n2)ccc1[N+](=O)[O-]. The maximum atomic E-state index is 10.9. The molecule has 0 aliphatic carbocycles. The van der Waals surface area contributed by atoms with Crippen molar-refractivity contribution in [1.29, 1.82) is 0 Å². The molecule has 0 saturated carbocycles. The maximum Gasteiger partial charge on any atom is 0.292 e. The number of nitrogens with zero attached hydrogens (tertiary/aromatic N) is 3. The van der Waals surface area contributed by atoms with E-state index >= 15 is 0 Å². The number of aryl methyl sites for hydroxylation is 1. The number of hydrogen-bond acceptors (Lipinski definition) is 6. The predicted octanol–water partition coefficient (Wildman–Crippen LogP) is 3.03. The van der Waals surface area contributed by atoms with E-state index in [4.69, 9.17) is 0 Å². The third-order valence-electron chi connectivity index (χ3n) is 3.08. The van der Waals surface area contributed by atoms with Gasteiger partial charge in [0.2, 0.25) is 0 Å². The van der Waals surface area contributed by atoms with Crippen molar-refractivity contribution < 1.29 is 4.92 Å². The molecule has 0 atom stereocenters. The molecule has 1 heterocycles. The van der Waals surface area contributed by atoms with Gasteiger partial charge in [0.05, 0.1) is 15.6 Å². The lowest BCUT2D eigenvalue weighted by molar-refractivity contribution is -0.384. The second-order valence-corrected chi connectivity index (χ2v) is 5.95. The molecule has 1 aromatic heterocycles. The van der Waals surface area contributed by atoms with Crippen molar-refractivity contribution in [3.63, 3.8) is 0 Å². The number of nitro benzene ring substituents is 1. The summed E-state index contributed by atoms with van der Waals surface area (Å²) in [7, 11) is 3.70. The average Bonchev–Trinajstić information content (AvgIpc) is 2.83. The maximum absolute atomic E-state index is 10.9. The quantitative estimate of drug-likeness (QED) is 0.656. The first-order valence-electron chi connectivity index (χ1n) is 6.54. The van der Waals surface area contributed by atoms with Crippen LogP contribution in [0.15, 0.2) is 23.6 Å². The zero-order valence-corrected chi connectivity index (χ0v) is 13.1. The standard InChI is InChI=1S/C14H18N4O2S/c1-10-16-12(9-21-10)8-17(3)7-11-4-5-14(18(19)20)13(6-11)15-2/h4-6,9,15H,7-8H2,1-3H3. The Kier molecular flexibility index (Phi) is 4.87. The first-order chi connectivity index (χ1) is 9.99. The Bertz CT molecular complexity index is 642. The highest BCUT2D eigenvalue weighted by atomic mass is 32.1. The van der Waals surface area contributed by atoms with Gasteiger partial charge in [-0.25, -0.2) is 4.98 Å². The molecule has 6 nitrogen and oxygen atoms in total. The van der Waals surface area contributed by atoms with Crippen molar-refractivity contribution in [3.05, 3.63) is 50.0 Å². The lowest BCUT2D eigenvalue weighted by Crippen LogP contribution is -2.17. The van der Waals surface area contributed by atoms with Crippen LogP contribution in [0.4, 0.5) is 11.4 Å². The minimum absolute atomic E-state index is 0.0963. The summed E-state index contributed by atoms with van der Waals surface area (Å²) in [4.78, 5) is 17.1. The van der Waals surface area contributed by atoms with E-state index in [-0.39, 0.29) is 10.6 Å². The molecule has 21 heavy (non-hydrogen) atoms. The van der Waals surface area contributed by atoms with Gasteiger partial charge in [0, 0.05) is 31.6 Å². The van der Waals surface area contributed by atoms with Crippen LogP contribution in [0.25, 0.3) is 0 Å². The molecule has 7 heteroatoms. The number of nitro groups is 1. The fourth-order valence-corrected chi connectivity index (χ4v) is 2.77. The van der Waals surface area contributed by atoms with Gasteiger partial charge in [0.25, 0.3) is 5.69 Å². The van der Waals surface area contributed by atoms with E-state index in [9.17, 15) is 10.1 Å². The van der Waals surface area contributed by atoms with Crippen LogP contribution in [-0.2, 0) is 13.1 Å². The normalized spacial score (nSPS) is 10.9. The summed E-state index contributed by atoms with van der Waals surface area (Å²) in [5.74, 6) is 0. The number of benzene rings is 1. The van der Waals surface area contributed by atoms with Crippen molar-refractivity contribution in [1.82, 2.24) is 9.88 Å². The zero-order chi connectivity index (χ0) is 15.4. The largest absolute Gasteiger partial charge is 0.383 e. The van der Waals surface area contributed by atoms with E-state index in [1.54, 1.807) is 30.5 Å². The molecule has 2 rings (SSSR count). The number of anilines is 1. The van der Waals surface area contributed by atoms with Crippen LogP contribution >= 0.6 is 11.3 Å². The fourth-order valence-electron chi connectivity index (χ4n) is 2.17. The van der Waals surface area contributed by atoms with Gasteiger partial charge in [-0.15, -0.1) is 11.3 Å². The van der Waals surface area contributed by atoms with Gasteiger partial charge in [0.15, 0.2) is 0 Å². The lowest BCUT2D eigenvalue weighted by atomic mass is 10.1. The topological polar surface area (TPSA) is 71.3 Å². The van der Waals surface area contributed by atoms with Gasteiger partial charge in [-0.3, -0.25) is 15.0 Å². The highest BCUT2D eigenvalue weighted by Crippen LogP contribution is 2.25. The molecule has 0 fully saturated rings. The number of hydrogen-bond donors (Lipinski definition) is 1. The number of aromatic nitrogens is 1. The molecule has 0 amide bonds. The Morgan fingerprint density at radius 2 is 2.19 bits per heavy atom. The van der Waals surface area contributed by atoms with Crippen LogP contribution in [0, 0.1) is 17.0 Å². The Hall–Kier alpha value is -1.99. The van der Waals surface area contributed by atoms with E-state index < -0.39 is 0 Å². The van der Waals surface area contributed by atoms with Gasteiger partial charge >= 0.3 is 0 Å². The van der Waals surface area contributed by atoms with Crippen LogP contribution in [0.1, 0.15) is 16.3 Å². The molecule has 0 bridgehead atoms. The molecular formula is C14H18N4O2S. The number of rotatable bonds is 6. The summed E-state index contributed by atoms with van der Waals surface area (Å²) >= 11 is 1.64. The smallest absolute Gasteiger partial charge is 0.292 e. The highest BCUT2D eigenvalue weighted by molar-refractivity contribution is 7.09. The summed E-state index contributed by atoms with van der Waals surface area (Å²) in [6, 6.07) is 5.16. The minimum atomic E-state index is -0.378. The minimum Gasteiger partial charge on any atom is -0.383 e. The average molecular weight is 306 g/mol. The lowest BCUT2D eigenvalue weighted by Gasteiger charge is -2.16. The molecule has 0 radical (unpaired) electrons. The summed E-state index contributed by atoms with van der Waals surface area (Å²) in [5.41, 5.74) is 2.71. The van der Waals surface area contributed by atoms with E-state index in [0.29, 0.717) is 12.2 Å². The first kappa shape index (κ1) is 15.4. The zero-order valence-electron chi connectivity index (χ0n) is 12.3. The van der Waals surface area contributed by atoms with Gasteiger partial charge in [-0.2, -0.15) is 0 Å². The van der Waals surface area contributed by atoms with Gasteiger partial charge in [-0.05, 0) is 25.6 Å². The van der Waals surface area contributed by atoms with E-state index in [1.165, 1.54) is 0 Å². The Morgan fingerprint density at radius 3 is 2.76 bits per heavy atom. The highest BCUT2D eigenvalue weighted by Gasteiger charge is 2.13. The Labute approximate surface area is 127 Å². The molecular weight excluding hydrogens is 288 g/mol. The van der Waals surface area contributed by atoms with E-state index in [0.717, 1.165) is 22.8 Å². The summed E-state index contributed by atoms with van der Waals surface area (Å²) in [6.45, 7) is 3.46. The van der Waals surface area contributed by atoms with E-state index in [2.05, 4.69) is 20.6 Å². The van der Waals surface area contributed by atoms with Gasteiger partial charge < -0.3 is 5.32 Å². The van der Waals surface area contributed by atoms with Crippen molar-refractivity contribution in [2.24, 2.45) is 0 Å². The fraction of sp³-hybridized carbons (Fsp3) is 0.357. The molecule has 1 aromatic carbocycles. The van der Waals surface area contributed by atoms with Crippen molar-refractivity contribution >= 4 is 22.7 Å². The first-order valence-corrected chi connectivity index (χ1v) is 7.42. The number of nitrogens with one attached hydrogen (secondary N) is 1. The third-order valence-corrected chi connectivity index (χ3v) is 3.90. The summed E-state index contributed by atoms with van der Waals surface area (Å²) in [5, 5.41) is 16.9. The summed E-state index contributed by atoms with van der Waals surface area (Å²) < 4.78 is 0. The third kappa shape index (κ3) is 3.99. The predicted molar refractivity (Wildman–Crippen MR) is 84.7 cm³/mol. The second-order valence-electron chi connectivity index (χ2n) is 4.89. The Balaban J connectivity index is 2.06. The molecule has 1 N–H and O–H groups in total. The second kappa shape index (κ2) is 6.64. The molecule has 0 unspecified atom stereocenters. The van der Waals surface area contributed by atoms with Crippen molar-refractivity contribution in [2.75, 3.05) is 19.4 Å². The molecule has 2 aromatic rings. The van der Waals surface area contributed by atoms with Crippen LogP contribution in [0.5, 0.6) is 0 Å². The van der Waals surface area contributed by atoms with E-state index in [1.807, 2.05) is 20.0 Å².